The average molecular weight is 582 g/mol. The SMILES string of the molecule is CC1(NC(=O)c2ccc3ccc(-c4nnc5ccc([C@@H](N6CC[C@@H](N)C6)C(F)(F)F)cn45)nc3c2)CC1.Cl.Cl. The lowest BCUT2D eigenvalue weighted by atomic mass is 10.1. The molecule has 8 nitrogen and oxygen atoms in total. The summed E-state index contributed by atoms with van der Waals surface area (Å²) < 4.78 is 44.0. The lowest BCUT2D eigenvalue weighted by Crippen LogP contribution is -2.38. The van der Waals surface area contributed by atoms with Gasteiger partial charge >= 0.3 is 6.18 Å². The first-order valence-corrected chi connectivity index (χ1v) is 12.2. The van der Waals surface area contributed by atoms with E-state index in [2.05, 4.69) is 20.5 Å². The number of carbonyl (C=O) groups excluding carboxylic acids is 1. The number of benzene rings is 1. The van der Waals surface area contributed by atoms with Crippen molar-refractivity contribution in [3.05, 3.63) is 59.8 Å². The van der Waals surface area contributed by atoms with Crippen LogP contribution in [-0.2, 0) is 0 Å². The first kappa shape index (κ1) is 29.0. The molecule has 0 radical (unpaired) electrons. The second kappa shape index (κ2) is 10.5. The molecule has 1 aliphatic carbocycles. The maximum Gasteiger partial charge on any atom is 0.408 e. The molecule has 4 aromatic rings. The van der Waals surface area contributed by atoms with Crippen LogP contribution in [0.25, 0.3) is 28.1 Å². The minimum atomic E-state index is -4.47. The Morgan fingerprint density at radius 3 is 2.54 bits per heavy atom. The van der Waals surface area contributed by atoms with Crippen molar-refractivity contribution in [3.63, 3.8) is 0 Å². The number of rotatable bonds is 5. The van der Waals surface area contributed by atoms with Crippen molar-refractivity contribution in [1.82, 2.24) is 29.8 Å². The van der Waals surface area contributed by atoms with Gasteiger partial charge in [0.2, 0.25) is 0 Å². The van der Waals surface area contributed by atoms with Crippen molar-refractivity contribution in [3.8, 4) is 11.5 Å². The molecule has 3 aromatic heterocycles. The van der Waals surface area contributed by atoms with E-state index in [4.69, 9.17) is 5.73 Å². The molecule has 0 bridgehead atoms. The average Bonchev–Trinajstić information content (AvgIpc) is 3.22. The number of carbonyl (C=O) groups is 1. The zero-order valence-corrected chi connectivity index (χ0v) is 22.6. The summed E-state index contributed by atoms with van der Waals surface area (Å²) in [7, 11) is 0. The van der Waals surface area contributed by atoms with Gasteiger partial charge in [0, 0.05) is 41.8 Å². The van der Waals surface area contributed by atoms with E-state index in [-0.39, 0.29) is 61.0 Å². The van der Waals surface area contributed by atoms with Crippen LogP contribution in [0, 0.1) is 0 Å². The molecule has 2 fully saturated rings. The quantitative estimate of drug-likeness (QED) is 0.354. The molecule has 208 valence electrons. The van der Waals surface area contributed by atoms with Gasteiger partial charge in [-0.2, -0.15) is 13.2 Å². The van der Waals surface area contributed by atoms with Gasteiger partial charge in [-0.3, -0.25) is 14.1 Å². The lowest BCUT2D eigenvalue weighted by Gasteiger charge is -2.30. The number of alkyl halides is 3. The lowest BCUT2D eigenvalue weighted by molar-refractivity contribution is -0.183. The number of fused-ring (bicyclic) bond motifs is 2. The third-order valence-corrected chi connectivity index (χ3v) is 7.27. The van der Waals surface area contributed by atoms with Crippen LogP contribution in [0.3, 0.4) is 0 Å². The van der Waals surface area contributed by atoms with Gasteiger partial charge in [0.05, 0.1) is 5.52 Å². The molecule has 0 spiro atoms. The number of hydrogen-bond acceptors (Lipinski definition) is 6. The van der Waals surface area contributed by atoms with E-state index in [0.717, 1.165) is 18.2 Å². The van der Waals surface area contributed by atoms with E-state index in [0.29, 0.717) is 34.7 Å². The summed E-state index contributed by atoms with van der Waals surface area (Å²) >= 11 is 0. The van der Waals surface area contributed by atoms with Gasteiger partial charge in [-0.1, -0.05) is 18.2 Å². The number of nitrogens with zero attached hydrogens (tertiary/aromatic N) is 5. The highest BCUT2D eigenvalue weighted by Crippen LogP contribution is 2.39. The maximum absolute atomic E-state index is 14.2. The Morgan fingerprint density at radius 1 is 1.13 bits per heavy atom. The Labute approximate surface area is 235 Å². The van der Waals surface area contributed by atoms with E-state index < -0.39 is 12.2 Å². The summed E-state index contributed by atoms with van der Waals surface area (Å²) in [6.45, 7) is 2.46. The fourth-order valence-corrected chi connectivity index (χ4v) is 4.94. The number of nitrogens with two attached hydrogens (primary N) is 1. The highest BCUT2D eigenvalue weighted by atomic mass is 35.5. The molecule has 4 heterocycles. The molecule has 1 aliphatic heterocycles. The predicted octanol–water partition coefficient (Wildman–Crippen LogP) is 4.71. The largest absolute Gasteiger partial charge is 0.408 e. The summed E-state index contributed by atoms with van der Waals surface area (Å²) in [6, 6.07) is 9.80. The van der Waals surface area contributed by atoms with Crippen LogP contribution in [0.5, 0.6) is 0 Å². The smallest absolute Gasteiger partial charge is 0.347 e. The molecular weight excluding hydrogens is 554 g/mol. The van der Waals surface area contributed by atoms with Gasteiger partial charge in [0.1, 0.15) is 11.7 Å². The second-order valence-electron chi connectivity index (χ2n) is 10.3. The number of amides is 1. The van der Waals surface area contributed by atoms with Gasteiger partial charge in [0.25, 0.3) is 5.91 Å². The van der Waals surface area contributed by atoms with Crippen molar-refractivity contribution in [2.75, 3.05) is 13.1 Å². The summed E-state index contributed by atoms with van der Waals surface area (Å²) in [5, 5.41) is 12.2. The van der Waals surface area contributed by atoms with Crippen LogP contribution in [0.2, 0.25) is 0 Å². The van der Waals surface area contributed by atoms with E-state index in [1.165, 1.54) is 27.6 Å². The molecule has 1 aromatic carbocycles. The number of likely N-dealkylation sites (tertiary alicyclic amines) is 1. The maximum atomic E-state index is 14.2. The molecule has 2 aliphatic rings. The van der Waals surface area contributed by atoms with Crippen LogP contribution in [-0.4, -0.2) is 61.2 Å². The van der Waals surface area contributed by atoms with Crippen LogP contribution in [0.15, 0.2) is 48.7 Å². The monoisotopic (exact) mass is 581 g/mol. The Kier molecular flexibility index (Phi) is 7.83. The van der Waals surface area contributed by atoms with Crippen LogP contribution < -0.4 is 11.1 Å². The standard InChI is InChI=1S/C26H26F3N7O.2ClH/c1-25(9-10-25)32-24(37)16-3-2-15-4-6-19(31-20(15)12-16)23-34-33-21-7-5-17(13-36(21)23)22(26(27,28)29)35-11-8-18(30)14-35;;/h2-7,12-13,18,22H,8-11,14,30H2,1H3,(H,32,37);2*1H/t18-,22-;;/m1../s1. The third-order valence-electron chi connectivity index (χ3n) is 7.27. The summed E-state index contributed by atoms with van der Waals surface area (Å²) in [5.41, 5.74) is 7.77. The second-order valence-corrected chi connectivity index (χ2v) is 10.3. The Bertz CT molecular complexity index is 1520. The van der Waals surface area contributed by atoms with E-state index in [1.807, 2.05) is 19.1 Å². The number of hydrogen-bond donors (Lipinski definition) is 2. The molecule has 0 unspecified atom stereocenters. The number of aromatic nitrogens is 4. The molecule has 1 saturated carbocycles. The molecule has 1 saturated heterocycles. The van der Waals surface area contributed by atoms with Crippen LogP contribution in [0.1, 0.15) is 48.1 Å². The minimum absolute atomic E-state index is 0. The van der Waals surface area contributed by atoms with E-state index >= 15 is 0 Å². The fourth-order valence-electron chi connectivity index (χ4n) is 4.94. The van der Waals surface area contributed by atoms with Crippen molar-refractivity contribution < 1.29 is 18.0 Å². The normalized spacial score (nSPS) is 19.4. The van der Waals surface area contributed by atoms with Gasteiger partial charge in [-0.15, -0.1) is 35.0 Å². The van der Waals surface area contributed by atoms with Crippen molar-refractivity contribution in [2.24, 2.45) is 5.73 Å². The number of halogens is 5. The van der Waals surface area contributed by atoms with Crippen LogP contribution in [0.4, 0.5) is 13.2 Å². The Morgan fingerprint density at radius 2 is 1.87 bits per heavy atom. The Hall–Kier alpha value is -2.99. The van der Waals surface area contributed by atoms with Gasteiger partial charge in [-0.25, -0.2) is 4.98 Å². The van der Waals surface area contributed by atoms with E-state index in [9.17, 15) is 18.0 Å². The summed E-state index contributed by atoms with van der Waals surface area (Å²) in [6.07, 6.45) is -0.611. The minimum Gasteiger partial charge on any atom is -0.347 e. The predicted molar refractivity (Wildman–Crippen MR) is 146 cm³/mol. The highest BCUT2D eigenvalue weighted by molar-refractivity contribution is 5.98. The van der Waals surface area contributed by atoms with Gasteiger partial charge < -0.3 is 11.1 Å². The van der Waals surface area contributed by atoms with Crippen molar-refractivity contribution >= 4 is 47.3 Å². The third kappa shape index (κ3) is 5.67. The first-order chi connectivity index (χ1) is 17.6. The zero-order chi connectivity index (χ0) is 25.9. The number of nitrogens with one attached hydrogen (secondary N) is 1. The molecule has 6 rings (SSSR count). The molecule has 1 amide bonds. The van der Waals surface area contributed by atoms with Gasteiger partial charge in [-0.05, 0) is 56.0 Å². The molecular formula is C26H28Cl2F3N7O. The molecule has 3 N–H and O–H groups in total. The number of pyridine rings is 2. The summed E-state index contributed by atoms with van der Waals surface area (Å²) in [4.78, 5) is 18.7. The van der Waals surface area contributed by atoms with Crippen LogP contribution >= 0.6 is 24.8 Å². The molecule has 2 atom stereocenters. The van der Waals surface area contributed by atoms with Crippen molar-refractivity contribution in [2.45, 2.75) is 50.0 Å². The van der Waals surface area contributed by atoms with Gasteiger partial charge in [0.15, 0.2) is 11.5 Å². The van der Waals surface area contributed by atoms with Crippen molar-refractivity contribution in [1.29, 1.82) is 0 Å². The fraction of sp³-hybridized carbons (Fsp3) is 0.385. The zero-order valence-electron chi connectivity index (χ0n) is 21.0. The van der Waals surface area contributed by atoms with E-state index in [1.54, 1.807) is 18.2 Å². The Balaban J connectivity index is 0.00000176. The molecule has 39 heavy (non-hydrogen) atoms. The summed E-state index contributed by atoms with van der Waals surface area (Å²) in [5.74, 6) is 0.157. The molecule has 13 heteroatoms. The highest BCUT2D eigenvalue weighted by Gasteiger charge is 2.46. The first-order valence-electron chi connectivity index (χ1n) is 12.2. The topological polar surface area (TPSA) is 101 Å².